The van der Waals surface area contributed by atoms with Crippen molar-refractivity contribution in [2.75, 3.05) is 0 Å². The van der Waals surface area contributed by atoms with Crippen molar-refractivity contribution >= 4 is 11.9 Å². The fraction of sp³-hybridized carbons (Fsp3) is 0.375. The first-order valence-corrected chi connectivity index (χ1v) is 15.2. The Labute approximate surface area is 260 Å². The van der Waals surface area contributed by atoms with Gasteiger partial charge < -0.3 is 10.2 Å². The molecule has 3 heteroatoms. The maximum Gasteiger partial charge on any atom is 0.165 e. The van der Waals surface area contributed by atoms with Gasteiger partial charge in [-0.25, -0.2) is 0 Å². The molecule has 2 atom stereocenters. The molecule has 1 aromatic carbocycles. The Bertz CT molecular complexity index is 1450. The minimum Gasteiger partial charge on any atom is -0.508 e. The van der Waals surface area contributed by atoms with Crippen LogP contribution < -0.4 is 0 Å². The molecule has 0 unspecified atom stereocenters. The third-order valence-electron chi connectivity index (χ3n) is 8.98. The van der Waals surface area contributed by atoms with Crippen LogP contribution in [0.4, 0.5) is 0 Å². The molecule has 0 heterocycles. The second-order valence-electron chi connectivity index (χ2n) is 12.9. The van der Waals surface area contributed by atoms with Gasteiger partial charge >= 0.3 is 0 Å². The summed E-state index contributed by atoms with van der Waals surface area (Å²) in [5, 5.41) is 20.6. The molecule has 43 heavy (non-hydrogen) atoms. The smallest absolute Gasteiger partial charge is 0.165 e. The molecular formula is C40H52O3. The van der Waals surface area contributed by atoms with E-state index in [0.29, 0.717) is 18.4 Å². The fourth-order valence-electron chi connectivity index (χ4n) is 5.21. The predicted molar refractivity (Wildman–Crippen MR) is 185 cm³/mol. The Balaban J connectivity index is 1.93. The summed E-state index contributed by atoms with van der Waals surface area (Å²) < 4.78 is 0. The second-order valence-corrected chi connectivity index (χ2v) is 12.9. The zero-order valence-electron chi connectivity index (χ0n) is 28.0. The van der Waals surface area contributed by atoms with Gasteiger partial charge in [0.05, 0.1) is 6.10 Å². The fourth-order valence-corrected chi connectivity index (χ4v) is 5.21. The topological polar surface area (TPSA) is 57.5 Å². The predicted octanol–water partition coefficient (Wildman–Crippen LogP) is 10.3. The van der Waals surface area contributed by atoms with E-state index in [1.54, 1.807) is 13.0 Å². The molecule has 0 amide bonds. The minimum atomic E-state index is -0.696. The summed E-state index contributed by atoms with van der Waals surface area (Å²) >= 11 is 0. The van der Waals surface area contributed by atoms with E-state index in [0.717, 1.165) is 11.1 Å². The van der Waals surface area contributed by atoms with E-state index in [1.807, 2.05) is 58.1 Å². The third-order valence-corrected chi connectivity index (χ3v) is 8.98. The first kappa shape index (κ1) is 35.5. The molecular weight excluding hydrogens is 528 g/mol. The van der Waals surface area contributed by atoms with Crippen molar-refractivity contribution in [3.05, 3.63) is 135 Å². The molecule has 2 rings (SSSR count). The molecule has 0 aromatic heterocycles. The van der Waals surface area contributed by atoms with Crippen LogP contribution in [0.25, 0.3) is 6.08 Å². The number of hydrogen-bond acceptors (Lipinski definition) is 3. The number of ketones is 1. The summed E-state index contributed by atoms with van der Waals surface area (Å²) in [6.45, 7) is 20.3. The van der Waals surface area contributed by atoms with Crippen molar-refractivity contribution < 1.29 is 15.0 Å². The summed E-state index contributed by atoms with van der Waals surface area (Å²) in [4.78, 5) is 13.0. The van der Waals surface area contributed by atoms with Crippen molar-refractivity contribution in [3.63, 3.8) is 0 Å². The summed E-state index contributed by atoms with van der Waals surface area (Å²) in [6, 6.07) is 4.36. The van der Waals surface area contributed by atoms with Crippen LogP contribution in [0.1, 0.15) is 83.6 Å². The molecule has 0 radical (unpaired) electrons. The molecule has 1 aliphatic carbocycles. The summed E-state index contributed by atoms with van der Waals surface area (Å²) in [5.41, 5.74) is 8.24. The highest BCUT2D eigenvalue weighted by atomic mass is 16.3. The summed E-state index contributed by atoms with van der Waals surface area (Å²) in [6.07, 6.45) is 26.1. The van der Waals surface area contributed by atoms with Crippen LogP contribution in [-0.2, 0) is 4.79 Å². The Morgan fingerprint density at radius 1 is 0.767 bits per heavy atom. The molecule has 1 aromatic rings. The maximum atomic E-state index is 13.0. The number of hydrogen-bond donors (Lipinski definition) is 2. The van der Waals surface area contributed by atoms with Crippen LogP contribution >= 0.6 is 0 Å². The van der Waals surface area contributed by atoms with Gasteiger partial charge in [-0.3, -0.25) is 4.79 Å². The Kier molecular flexibility index (Phi) is 13.0. The van der Waals surface area contributed by atoms with Gasteiger partial charge in [-0.15, -0.1) is 0 Å². The number of allylic oxidation sites excluding steroid dienone is 16. The quantitative estimate of drug-likeness (QED) is 0.155. The molecule has 230 valence electrons. The van der Waals surface area contributed by atoms with E-state index in [4.69, 9.17) is 0 Å². The van der Waals surface area contributed by atoms with E-state index >= 15 is 0 Å². The van der Waals surface area contributed by atoms with E-state index in [2.05, 4.69) is 83.2 Å². The lowest BCUT2D eigenvalue weighted by Crippen LogP contribution is -2.36. The highest BCUT2D eigenvalue weighted by molar-refractivity contribution is 5.96. The van der Waals surface area contributed by atoms with Gasteiger partial charge in [-0.05, 0) is 94.5 Å². The number of aliphatic hydroxyl groups is 2. The van der Waals surface area contributed by atoms with E-state index in [1.165, 1.54) is 33.9 Å². The molecule has 3 nitrogen and oxygen atoms in total. The van der Waals surface area contributed by atoms with Crippen LogP contribution in [0, 0.1) is 31.6 Å². The molecule has 2 N–H and O–H groups in total. The second kappa shape index (κ2) is 15.7. The lowest BCUT2D eigenvalue weighted by Gasteiger charge is -2.35. The number of aryl methyl sites for hydroxylation is 1. The van der Waals surface area contributed by atoms with Crippen molar-refractivity contribution in [2.24, 2.45) is 10.8 Å². The van der Waals surface area contributed by atoms with Crippen LogP contribution in [0.15, 0.2) is 113 Å². The number of benzene rings is 1. The van der Waals surface area contributed by atoms with Crippen molar-refractivity contribution in [2.45, 2.75) is 88.2 Å². The van der Waals surface area contributed by atoms with E-state index in [9.17, 15) is 15.0 Å². The zero-order chi connectivity index (χ0) is 32.4. The maximum absolute atomic E-state index is 13.0. The van der Waals surface area contributed by atoms with Gasteiger partial charge in [0.2, 0.25) is 0 Å². The van der Waals surface area contributed by atoms with E-state index < -0.39 is 11.5 Å². The van der Waals surface area contributed by atoms with Gasteiger partial charge in [-0.2, -0.15) is 0 Å². The van der Waals surface area contributed by atoms with Gasteiger partial charge in [0.15, 0.2) is 5.78 Å². The first-order valence-electron chi connectivity index (χ1n) is 15.2. The van der Waals surface area contributed by atoms with Gasteiger partial charge in [-0.1, -0.05) is 123 Å². The van der Waals surface area contributed by atoms with Gasteiger partial charge in [0.25, 0.3) is 0 Å². The van der Waals surface area contributed by atoms with Gasteiger partial charge in [0.1, 0.15) is 5.76 Å². The molecule has 1 aliphatic rings. The van der Waals surface area contributed by atoms with Crippen LogP contribution in [0.2, 0.25) is 0 Å². The Morgan fingerprint density at radius 3 is 1.86 bits per heavy atom. The number of carbonyl (C=O) groups is 1. The van der Waals surface area contributed by atoms with Crippen LogP contribution in [-0.4, -0.2) is 22.1 Å². The van der Waals surface area contributed by atoms with Crippen molar-refractivity contribution in [3.8, 4) is 0 Å². The minimum absolute atomic E-state index is 0.0410. The number of rotatable bonds is 11. The van der Waals surface area contributed by atoms with E-state index in [-0.39, 0.29) is 17.0 Å². The summed E-state index contributed by atoms with van der Waals surface area (Å²) in [7, 11) is 0. The number of aliphatic hydroxyl groups excluding tert-OH is 2. The van der Waals surface area contributed by atoms with Gasteiger partial charge in [0, 0.05) is 11.5 Å². The standard InChI is InChI=1S/C40H52O3/c1-28(17-13-18-30(3)21-23-35-24-22-31(4)33(6)34(35)7)15-11-12-16-29(2)19-14-20-32(5)37(42)25-38(43)40(10)27-36(41)26-39(40,8)9/h11-25,36,41-42H,26-27H2,1-10H3/t36-,40-/m0/s1. The average molecular weight is 581 g/mol. The molecule has 1 saturated carbocycles. The third kappa shape index (κ3) is 10.2. The van der Waals surface area contributed by atoms with Crippen LogP contribution in [0.3, 0.4) is 0 Å². The average Bonchev–Trinajstić information content (AvgIpc) is 3.15. The summed E-state index contributed by atoms with van der Waals surface area (Å²) in [5.74, 6) is -0.185. The van der Waals surface area contributed by atoms with Crippen LogP contribution in [0.5, 0.6) is 0 Å². The lowest BCUT2D eigenvalue weighted by atomic mass is 9.66. The SMILES string of the molecule is CC(C=CC=C(C)C=Cc1ccc(C)c(C)c1C)=CC=CC=C(C)C=CC=C(C)C(O)=CC(=O)[C@]1(C)C[C@@H](O)CC1(C)C. The highest BCUT2D eigenvalue weighted by Gasteiger charge is 2.53. The molecule has 0 bridgehead atoms. The monoisotopic (exact) mass is 580 g/mol. The van der Waals surface area contributed by atoms with Crippen molar-refractivity contribution in [1.29, 1.82) is 0 Å². The first-order chi connectivity index (χ1) is 20.1. The zero-order valence-corrected chi connectivity index (χ0v) is 28.0. The Hall–Kier alpha value is -3.69. The molecule has 0 aliphatic heterocycles. The largest absolute Gasteiger partial charge is 0.508 e. The molecule has 0 saturated heterocycles. The molecule has 0 spiro atoms. The molecule has 1 fully saturated rings. The highest BCUT2D eigenvalue weighted by Crippen LogP contribution is 2.53. The van der Waals surface area contributed by atoms with Crippen molar-refractivity contribution in [1.82, 2.24) is 0 Å². The lowest BCUT2D eigenvalue weighted by molar-refractivity contribution is -0.127. The number of carbonyl (C=O) groups excluding carboxylic acids is 1. The Morgan fingerprint density at radius 2 is 1.30 bits per heavy atom. The normalized spacial score (nSPS) is 22.7.